The van der Waals surface area contributed by atoms with Gasteiger partial charge in [-0.3, -0.25) is 0 Å². The Balaban J connectivity index is 2.22. The van der Waals surface area contributed by atoms with Crippen molar-refractivity contribution in [2.45, 2.75) is 32.7 Å². The molecule has 2 rings (SSSR count). The fraction of sp³-hybridized carbons (Fsp3) is 0.538. The molecule has 2 atom stereocenters. The molecule has 1 saturated heterocycles. The van der Waals surface area contributed by atoms with Crippen LogP contribution in [0, 0.1) is 5.92 Å². The van der Waals surface area contributed by atoms with Crippen molar-refractivity contribution >= 4 is 11.8 Å². The molecular formula is C13H18N2O2. The molecule has 1 aliphatic rings. The molecule has 0 amide bonds. The average molecular weight is 234 g/mol. The van der Waals surface area contributed by atoms with Gasteiger partial charge in [0.05, 0.1) is 5.56 Å². The van der Waals surface area contributed by atoms with Gasteiger partial charge in [-0.15, -0.1) is 0 Å². The minimum atomic E-state index is -0.897. The molecule has 1 fully saturated rings. The molecule has 0 saturated carbocycles. The zero-order chi connectivity index (χ0) is 12.4. The molecule has 92 valence electrons. The maximum Gasteiger partial charge on any atom is 0.335 e. The molecule has 4 heteroatoms. The predicted octanol–water partition coefficient (Wildman–Crippen LogP) is 2.40. The van der Waals surface area contributed by atoms with E-state index in [1.165, 1.54) is 6.07 Å². The van der Waals surface area contributed by atoms with E-state index in [1.54, 1.807) is 12.3 Å². The standard InChI is InChI=1S/C13H18N2O2/c1-9-4-6-15(10(2)7-9)12-8-11(13(16)17)3-5-14-12/h3,5,8-10H,4,6-7H2,1-2H3,(H,16,17). The second-order valence-electron chi connectivity index (χ2n) is 4.88. The van der Waals surface area contributed by atoms with Crippen molar-refractivity contribution in [3.05, 3.63) is 23.9 Å². The summed E-state index contributed by atoms with van der Waals surface area (Å²) >= 11 is 0. The highest BCUT2D eigenvalue weighted by atomic mass is 16.4. The highest BCUT2D eigenvalue weighted by Crippen LogP contribution is 2.26. The number of hydrogen-bond acceptors (Lipinski definition) is 3. The molecule has 1 aliphatic heterocycles. The summed E-state index contributed by atoms with van der Waals surface area (Å²) in [6.07, 6.45) is 3.85. The molecule has 17 heavy (non-hydrogen) atoms. The van der Waals surface area contributed by atoms with Crippen LogP contribution in [0.2, 0.25) is 0 Å². The first-order valence-electron chi connectivity index (χ1n) is 6.04. The molecule has 1 aromatic heterocycles. The minimum absolute atomic E-state index is 0.306. The van der Waals surface area contributed by atoms with Gasteiger partial charge in [0.2, 0.25) is 0 Å². The highest BCUT2D eigenvalue weighted by molar-refractivity contribution is 5.88. The van der Waals surface area contributed by atoms with Crippen LogP contribution < -0.4 is 4.90 Å². The molecule has 2 unspecified atom stereocenters. The van der Waals surface area contributed by atoms with Crippen LogP contribution in [0.3, 0.4) is 0 Å². The number of rotatable bonds is 2. The molecule has 0 spiro atoms. The molecular weight excluding hydrogens is 216 g/mol. The van der Waals surface area contributed by atoms with Gasteiger partial charge in [-0.2, -0.15) is 0 Å². The van der Waals surface area contributed by atoms with E-state index in [0.29, 0.717) is 11.6 Å². The van der Waals surface area contributed by atoms with Gasteiger partial charge in [0, 0.05) is 18.8 Å². The maximum atomic E-state index is 10.9. The summed E-state index contributed by atoms with van der Waals surface area (Å²) in [6, 6.07) is 3.62. The Hall–Kier alpha value is -1.58. The quantitative estimate of drug-likeness (QED) is 0.853. The molecule has 0 bridgehead atoms. The van der Waals surface area contributed by atoms with Gasteiger partial charge in [0.15, 0.2) is 0 Å². The normalized spacial score (nSPS) is 24.7. The third-order valence-corrected chi connectivity index (χ3v) is 3.43. The van der Waals surface area contributed by atoms with E-state index in [1.807, 2.05) is 0 Å². The minimum Gasteiger partial charge on any atom is -0.478 e. The van der Waals surface area contributed by atoms with Gasteiger partial charge in [-0.1, -0.05) is 6.92 Å². The van der Waals surface area contributed by atoms with Crippen molar-refractivity contribution in [2.75, 3.05) is 11.4 Å². The fourth-order valence-corrected chi connectivity index (χ4v) is 2.46. The van der Waals surface area contributed by atoms with Gasteiger partial charge < -0.3 is 10.0 Å². The molecule has 0 radical (unpaired) electrons. The number of anilines is 1. The topological polar surface area (TPSA) is 53.4 Å². The Morgan fingerprint density at radius 3 is 2.94 bits per heavy atom. The summed E-state index contributed by atoms with van der Waals surface area (Å²) in [5, 5.41) is 8.97. The van der Waals surface area contributed by atoms with Crippen LogP contribution in [-0.4, -0.2) is 28.6 Å². The van der Waals surface area contributed by atoms with E-state index >= 15 is 0 Å². The first-order chi connectivity index (χ1) is 8.08. The second kappa shape index (κ2) is 4.73. The third-order valence-electron chi connectivity index (χ3n) is 3.43. The smallest absolute Gasteiger partial charge is 0.335 e. The van der Waals surface area contributed by atoms with Crippen LogP contribution in [0.15, 0.2) is 18.3 Å². The summed E-state index contributed by atoms with van der Waals surface area (Å²) in [4.78, 5) is 17.4. The van der Waals surface area contributed by atoms with E-state index < -0.39 is 5.97 Å². The van der Waals surface area contributed by atoms with Crippen molar-refractivity contribution in [3.8, 4) is 0 Å². The first-order valence-corrected chi connectivity index (χ1v) is 6.04. The van der Waals surface area contributed by atoms with Crippen molar-refractivity contribution < 1.29 is 9.90 Å². The molecule has 1 aromatic rings. The van der Waals surface area contributed by atoms with Crippen molar-refractivity contribution in [1.82, 2.24) is 4.98 Å². The van der Waals surface area contributed by atoms with Crippen molar-refractivity contribution in [3.63, 3.8) is 0 Å². The Bertz CT molecular complexity index is 420. The number of nitrogens with zero attached hydrogens (tertiary/aromatic N) is 2. The average Bonchev–Trinajstić information content (AvgIpc) is 2.29. The molecule has 0 aromatic carbocycles. The summed E-state index contributed by atoms with van der Waals surface area (Å²) < 4.78 is 0. The van der Waals surface area contributed by atoms with E-state index in [4.69, 9.17) is 5.11 Å². The van der Waals surface area contributed by atoms with E-state index in [-0.39, 0.29) is 0 Å². The summed E-state index contributed by atoms with van der Waals surface area (Å²) in [5.41, 5.74) is 0.306. The number of hydrogen-bond donors (Lipinski definition) is 1. The SMILES string of the molecule is CC1CCN(c2cc(C(=O)O)ccn2)C(C)C1. The molecule has 4 nitrogen and oxygen atoms in total. The first kappa shape index (κ1) is 11.9. The largest absolute Gasteiger partial charge is 0.478 e. The number of aromatic nitrogens is 1. The summed E-state index contributed by atoms with van der Waals surface area (Å²) in [6.45, 7) is 5.39. The predicted molar refractivity (Wildman–Crippen MR) is 66.4 cm³/mol. The zero-order valence-corrected chi connectivity index (χ0v) is 10.3. The van der Waals surface area contributed by atoms with Crippen LogP contribution in [0.5, 0.6) is 0 Å². The van der Waals surface area contributed by atoms with Gasteiger partial charge >= 0.3 is 5.97 Å². The number of pyridine rings is 1. The van der Waals surface area contributed by atoms with Gasteiger partial charge in [0.1, 0.15) is 5.82 Å². The zero-order valence-electron chi connectivity index (χ0n) is 10.3. The van der Waals surface area contributed by atoms with Gasteiger partial charge in [0.25, 0.3) is 0 Å². The second-order valence-corrected chi connectivity index (χ2v) is 4.88. The number of carboxylic acids is 1. The fourth-order valence-electron chi connectivity index (χ4n) is 2.46. The van der Waals surface area contributed by atoms with E-state index in [9.17, 15) is 4.79 Å². The van der Waals surface area contributed by atoms with E-state index in [0.717, 1.165) is 31.1 Å². The lowest BCUT2D eigenvalue weighted by Crippen LogP contribution is -2.40. The highest BCUT2D eigenvalue weighted by Gasteiger charge is 2.24. The molecule has 1 N–H and O–H groups in total. The molecule has 2 heterocycles. The maximum absolute atomic E-state index is 10.9. The van der Waals surface area contributed by atoms with Crippen LogP contribution in [0.4, 0.5) is 5.82 Å². The Morgan fingerprint density at radius 1 is 1.53 bits per heavy atom. The van der Waals surface area contributed by atoms with Crippen LogP contribution >= 0.6 is 0 Å². The Labute approximate surface area is 101 Å². The van der Waals surface area contributed by atoms with Crippen LogP contribution in [0.25, 0.3) is 0 Å². The monoisotopic (exact) mass is 234 g/mol. The molecule has 0 aliphatic carbocycles. The number of aromatic carboxylic acids is 1. The van der Waals surface area contributed by atoms with Crippen LogP contribution in [0.1, 0.15) is 37.0 Å². The lowest BCUT2D eigenvalue weighted by molar-refractivity contribution is 0.0696. The third kappa shape index (κ3) is 2.57. The lowest BCUT2D eigenvalue weighted by Gasteiger charge is -2.37. The number of piperidine rings is 1. The van der Waals surface area contributed by atoms with Crippen molar-refractivity contribution in [1.29, 1.82) is 0 Å². The van der Waals surface area contributed by atoms with Crippen molar-refractivity contribution in [2.24, 2.45) is 5.92 Å². The van der Waals surface area contributed by atoms with E-state index in [2.05, 4.69) is 23.7 Å². The number of carboxylic acid groups (broad SMARTS) is 1. The van der Waals surface area contributed by atoms with Gasteiger partial charge in [-0.25, -0.2) is 9.78 Å². The summed E-state index contributed by atoms with van der Waals surface area (Å²) in [7, 11) is 0. The lowest BCUT2D eigenvalue weighted by atomic mass is 9.93. The Kier molecular flexibility index (Phi) is 3.31. The Morgan fingerprint density at radius 2 is 2.29 bits per heavy atom. The van der Waals surface area contributed by atoms with Gasteiger partial charge in [-0.05, 0) is 37.8 Å². The van der Waals surface area contributed by atoms with Crippen LogP contribution in [-0.2, 0) is 0 Å². The number of carbonyl (C=O) groups is 1. The summed E-state index contributed by atoms with van der Waals surface area (Å²) in [5.74, 6) is 0.625.